The van der Waals surface area contributed by atoms with Crippen LogP contribution in [0.3, 0.4) is 0 Å². The molecule has 136 valence electrons. The Morgan fingerprint density at radius 1 is 1.12 bits per heavy atom. The van der Waals surface area contributed by atoms with Crippen LogP contribution < -0.4 is 9.47 Å². The topological polar surface area (TPSA) is 55.8 Å². The van der Waals surface area contributed by atoms with Gasteiger partial charge in [-0.25, -0.2) is 4.79 Å². The summed E-state index contributed by atoms with van der Waals surface area (Å²) in [6.07, 6.45) is 5.69. The van der Waals surface area contributed by atoms with Crippen LogP contribution in [0.25, 0.3) is 12.2 Å². The van der Waals surface area contributed by atoms with Crippen LogP contribution in [0.15, 0.2) is 42.5 Å². The van der Waals surface area contributed by atoms with Gasteiger partial charge in [-0.2, -0.15) is 8.78 Å². The monoisotopic (exact) mass is 360 g/mol. The van der Waals surface area contributed by atoms with Gasteiger partial charge in [0.15, 0.2) is 11.5 Å². The normalized spacial score (nSPS) is 14.0. The highest BCUT2D eigenvalue weighted by Gasteiger charge is 2.23. The summed E-state index contributed by atoms with van der Waals surface area (Å²) in [5, 5.41) is 9.03. The molecular formula is C20H18F2O4. The molecule has 2 aromatic rings. The van der Waals surface area contributed by atoms with Crippen LogP contribution >= 0.6 is 0 Å². The summed E-state index contributed by atoms with van der Waals surface area (Å²) in [6, 6.07) is 11.2. The van der Waals surface area contributed by atoms with E-state index in [-0.39, 0.29) is 17.1 Å². The molecule has 1 aliphatic rings. The maximum Gasteiger partial charge on any atom is 0.387 e. The molecule has 0 radical (unpaired) electrons. The van der Waals surface area contributed by atoms with Gasteiger partial charge in [-0.05, 0) is 54.2 Å². The van der Waals surface area contributed by atoms with Crippen molar-refractivity contribution in [3.63, 3.8) is 0 Å². The number of aromatic carboxylic acids is 1. The lowest BCUT2D eigenvalue weighted by molar-refractivity contribution is -0.0515. The number of halogens is 2. The van der Waals surface area contributed by atoms with Crippen LogP contribution in [0.2, 0.25) is 0 Å². The Bertz CT molecular complexity index is 813. The molecule has 1 aliphatic carbocycles. The second kappa shape index (κ2) is 7.99. The van der Waals surface area contributed by atoms with Crippen molar-refractivity contribution in [2.75, 3.05) is 6.61 Å². The van der Waals surface area contributed by atoms with Crippen LogP contribution in [0.1, 0.15) is 34.3 Å². The highest BCUT2D eigenvalue weighted by atomic mass is 19.3. The molecule has 1 saturated carbocycles. The van der Waals surface area contributed by atoms with Crippen molar-refractivity contribution in [3.8, 4) is 11.5 Å². The molecule has 26 heavy (non-hydrogen) atoms. The van der Waals surface area contributed by atoms with Crippen LogP contribution in [-0.4, -0.2) is 24.3 Å². The average molecular weight is 360 g/mol. The first-order chi connectivity index (χ1) is 12.5. The molecule has 2 aromatic carbocycles. The second-order valence-corrected chi connectivity index (χ2v) is 6.10. The van der Waals surface area contributed by atoms with Crippen molar-refractivity contribution < 1.29 is 28.2 Å². The molecule has 0 atom stereocenters. The van der Waals surface area contributed by atoms with Crippen molar-refractivity contribution in [2.24, 2.45) is 5.92 Å². The fraction of sp³-hybridized carbons (Fsp3) is 0.250. The molecule has 0 bridgehead atoms. The molecule has 0 aromatic heterocycles. The first kappa shape index (κ1) is 17.9. The Labute approximate surface area is 149 Å². The Morgan fingerprint density at radius 3 is 2.50 bits per heavy atom. The summed E-state index contributed by atoms with van der Waals surface area (Å²) in [5.41, 5.74) is 1.65. The SMILES string of the molecule is O=C(O)c1cccc(C=Cc2ccc(OC(F)F)c(OCC3CC3)c2)c1. The van der Waals surface area contributed by atoms with Crippen molar-refractivity contribution in [1.29, 1.82) is 0 Å². The minimum Gasteiger partial charge on any atom is -0.489 e. The Morgan fingerprint density at radius 2 is 1.85 bits per heavy atom. The molecule has 0 heterocycles. The number of carboxylic acids is 1. The molecule has 0 saturated heterocycles. The van der Waals surface area contributed by atoms with Crippen LogP contribution in [0, 0.1) is 5.92 Å². The van der Waals surface area contributed by atoms with Gasteiger partial charge in [0.1, 0.15) is 0 Å². The van der Waals surface area contributed by atoms with Gasteiger partial charge in [0.2, 0.25) is 0 Å². The van der Waals surface area contributed by atoms with E-state index in [1.54, 1.807) is 42.5 Å². The summed E-state index contributed by atoms with van der Waals surface area (Å²) in [5.74, 6) is -0.235. The largest absolute Gasteiger partial charge is 0.489 e. The predicted molar refractivity (Wildman–Crippen MR) is 93.6 cm³/mol. The van der Waals surface area contributed by atoms with E-state index in [1.807, 2.05) is 0 Å². The molecule has 6 heteroatoms. The minimum absolute atomic E-state index is 0.00525. The first-order valence-electron chi connectivity index (χ1n) is 8.24. The highest BCUT2D eigenvalue weighted by molar-refractivity contribution is 5.88. The number of ether oxygens (including phenoxy) is 2. The Balaban J connectivity index is 1.78. The second-order valence-electron chi connectivity index (χ2n) is 6.10. The summed E-state index contributed by atoms with van der Waals surface area (Å²) < 4.78 is 35.2. The van der Waals surface area contributed by atoms with Crippen molar-refractivity contribution in [3.05, 3.63) is 59.2 Å². The minimum atomic E-state index is -2.92. The van der Waals surface area contributed by atoms with Gasteiger partial charge in [0.25, 0.3) is 0 Å². The van der Waals surface area contributed by atoms with Gasteiger partial charge in [-0.3, -0.25) is 0 Å². The summed E-state index contributed by atoms with van der Waals surface area (Å²) >= 11 is 0. The van der Waals surface area contributed by atoms with E-state index < -0.39 is 12.6 Å². The van der Waals surface area contributed by atoms with E-state index in [0.717, 1.165) is 24.0 Å². The molecule has 1 N–H and O–H groups in total. The standard InChI is InChI=1S/C20H18F2O4/c21-20(22)26-17-9-8-14(11-18(17)25-12-15-6-7-15)5-4-13-2-1-3-16(10-13)19(23)24/h1-5,8-11,15,20H,6-7,12H2,(H,23,24). The van der Waals surface area contributed by atoms with E-state index >= 15 is 0 Å². The van der Waals surface area contributed by atoms with Gasteiger partial charge < -0.3 is 14.6 Å². The lowest BCUT2D eigenvalue weighted by Crippen LogP contribution is -2.06. The lowest BCUT2D eigenvalue weighted by Gasteiger charge is -2.12. The van der Waals surface area contributed by atoms with Gasteiger partial charge in [-0.15, -0.1) is 0 Å². The number of alkyl halides is 2. The van der Waals surface area contributed by atoms with E-state index in [9.17, 15) is 13.6 Å². The number of benzene rings is 2. The van der Waals surface area contributed by atoms with Crippen molar-refractivity contribution in [2.45, 2.75) is 19.5 Å². The maximum atomic E-state index is 12.5. The number of rotatable bonds is 8. The Hall–Kier alpha value is -2.89. The zero-order valence-electron chi connectivity index (χ0n) is 13.9. The Kier molecular flexibility index (Phi) is 5.51. The van der Waals surface area contributed by atoms with Gasteiger partial charge in [-0.1, -0.05) is 30.4 Å². The van der Waals surface area contributed by atoms with Gasteiger partial charge in [0.05, 0.1) is 12.2 Å². The third kappa shape index (κ3) is 5.05. The quantitative estimate of drug-likeness (QED) is 0.677. The molecule has 0 aliphatic heterocycles. The van der Waals surface area contributed by atoms with Gasteiger partial charge >= 0.3 is 12.6 Å². The number of hydrogen-bond acceptors (Lipinski definition) is 3. The third-order valence-corrected chi connectivity index (χ3v) is 3.96. The van der Waals surface area contributed by atoms with E-state index in [4.69, 9.17) is 9.84 Å². The molecule has 4 nitrogen and oxygen atoms in total. The number of hydrogen-bond donors (Lipinski definition) is 1. The molecule has 0 spiro atoms. The lowest BCUT2D eigenvalue weighted by atomic mass is 10.1. The number of carbonyl (C=O) groups is 1. The maximum absolute atomic E-state index is 12.5. The van der Waals surface area contributed by atoms with E-state index in [1.165, 1.54) is 12.1 Å². The average Bonchev–Trinajstić information content (AvgIpc) is 3.44. The molecular weight excluding hydrogens is 342 g/mol. The van der Waals surface area contributed by atoms with Gasteiger partial charge in [0, 0.05) is 0 Å². The fourth-order valence-corrected chi connectivity index (χ4v) is 2.39. The third-order valence-electron chi connectivity index (χ3n) is 3.96. The molecule has 3 rings (SSSR count). The molecule has 0 amide bonds. The summed E-state index contributed by atoms with van der Waals surface area (Å²) in [4.78, 5) is 11.0. The summed E-state index contributed by atoms with van der Waals surface area (Å²) in [7, 11) is 0. The number of carboxylic acid groups (broad SMARTS) is 1. The van der Waals surface area contributed by atoms with Crippen LogP contribution in [0.4, 0.5) is 8.78 Å². The smallest absolute Gasteiger partial charge is 0.387 e. The van der Waals surface area contributed by atoms with Crippen molar-refractivity contribution >= 4 is 18.1 Å². The van der Waals surface area contributed by atoms with E-state index in [0.29, 0.717) is 12.5 Å². The first-order valence-corrected chi connectivity index (χ1v) is 8.24. The fourth-order valence-electron chi connectivity index (χ4n) is 2.39. The van der Waals surface area contributed by atoms with E-state index in [2.05, 4.69) is 4.74 Å². The van der Waals surface area contributed by atoms with Crippen LogP contribution in [-0.2, 0) is 0 Å². The summed E-state index contributed by atoms with van der Waals surface area (Å²) in [6.45, 7) is -2.44. The molecule has 0 unspecified atom stereocenters. The predicted octanol–water partition coefficient (Wildman–Crippen LogP) is 4.95. The highest BCUT2D eigenvalue weighted by Crippen LogP contribution is 2.34. The molecule has 1 fully saturated rings. The van der Waals surface area contributed by atoms with Crippen LogP contribution in [0.5, 0.6) is 11.5 Å². The zero-order chi connectivity index (χ0) is 18.5. The van der Waals surface area contributed by atoms with Crippen molar-refractivity contribution in [1.82, 2.24) is 0 Å². The zero-order valence-corrected chi connectivity index (χ0v) is 13.9.